The van der Waals surface area contributed by atoms with Gasteiger partial charge in [-0.15, -0.1) is 0 Å². The van der Waals surface area contributed by atoms with Crippen molar-refractivity contribution >= 4 is 10.9 Å². The molecule has 0 unspecified atom stereocenters. The molecule has 0 aliphatic carbocycles. The van der Waals surface area contributed by atoms with Crippen molar-refractivity contribution in [1.29, 1.82) is 0 Å². The van der Waals surface area contributed by atoms with E-state index in [9.17, 15) is 13.2 Å². The van der Waals surface area contributed by atoms with Crippen LogP contribution in [0.1, 0.15) is 11.3 Å². The molecule has 0 spiro atoms. The molecule has 0 atom stereocenters. The average Bonchev–Trinajstić information content (AvgIpc) is 2.66. The van der Waals surface area contributed by atoms with Crippen LogP contribution in [0.15, 0.2) is 6.07 Å². The predicted octanol–water partition coefficient (Wildman–Crippen LogP) is 2.23. The molecule has 1 aliphatic heterocycles. The van der Waals surface area contributed by atoms with Gasteiger partial charge in [-0.25, -0.2) is 13.2 Å². The Labute approximate surface area is 89.5 Å². The minimum absolute atomic E-state index is 0.0626. The van der Waals surface area contributed by atoms with E-state index in [1.165, 1.54) is 0 Å². The molecule has 3 rings (SSSR count). The molecular weight excluding hydrogens is 217 g/mol. The number of aromatic amines is 1. The molecule has 0 radical (unpaired) electrons. The lowest BCUT2D eigenvalue weighted by atomic mass is 10.0. The Morgan fingerprint density at radius 3 is 2.75 bits per heavy atom. The highest BCUT2D eigenvalue weighted by molar-refractivity contribution is 5.86. The van der Waals surface area contributed by atoms with Crippen LogP contribution in [-0.4, -0.2) is 11.5 Å². The van der Waals surface area contributed by atoms with Gasteiger partial charge in [0.25, 0.3) is 0 Å². The van der Waals surface area contributed by atoms with Gasteiger partial charge in [0.2, 0.25) is 0 Å². The second-order valence-electron chi connectivity index (χ2n) is 3.91. The average molecular weight is 226 g/mol. The zero-order valence-corrected chi connectivity index (χ0v) is 8.33. The Kier molecular flexibility index (Phi) is 1.97. The first-order valence-electron chi connectivity index (χ1n) is 5.06. The van der Waals surface area contributed by atoms with E-state index in [1.807, 2.05) is 0 Å². The molecule has 0 bridgehead atoms. The molecule has 2 nitrogen and oxygen atoms in total. The van der Waals surface area contributed by atoms with E-state index in [-0.39, 0.29) is 10.9 Å². The van der Waals surface area contributed by atoms with Gasteiger partial charge in [-0.1, -0.05) is 0 Å². The minimum Gasteiger partial charge on any atom is -0.355 e. The summed E-state index contributed by atoms with van der Waals surface area (Å²) in [7, 11) is 0. The Morgan fingerprint density at radius 1 is 1.12 bits per heavy atom. The Hall–Kier alpha value is -1.49. The largest absolute Gasteiger partial charge is 0.355 e. The first kappa shape index (κ1) is 9.72. The lowest BCUT2D eigenvalue weighted by molar-refractivity contribution is 0.505. The fourth-order valence-corrected chi connectivity index (χ4v) is 2.23. The second-order valence-corrected chi connectivity index (χ2v) is 3.91. The molecule has 0 fully saturated rings. The van der Waals surface area contributed by atoms with Gasteiger partial charge in [0.1, 0.15) is 5.82 Å². The fraction of sp³-hybridized carbons (Fsp3) is 0.273. The fourth-order valence-electron chi connectivity index (χ4n) is 2.23. The monoisotopic (exact) mass is 226 g/mol. The number of hydrogen-bond acceptors (Lipinski definition) is 1. The van der Waals surface area contributed by atoms with Crippen LogP contribution in [-0.2, 0) is 13.0 Å². The van der Waals surface area contributed by atoms with Crippen LogP contribution in [0.2, 0.25) is 0 Å². The summed E-state index contributed by atoms with van der Waals surface area (Å²) in [5.41, 5.74) is 1.49. The number of nitrogens with one attached hydrogen (secondary N) is 2. The third-order valence-electron chi connectivity index (χ3n) is 2.97. The van der Waals surface area contributed by atoms with Crippen LogP contribution in [0, 0.1) is 17.5 Å². The lowest BCUT2D eigenvalue weighted by Crippen LogP contribution is -2.23. The SMILES string of the molecule is Fc1cc(F)c2[nH]c3c(c2c1F)CCNC3. The molecule has 2 heterocycles. The van der Waals surface area contributed by atoms with Crippen LogP contribution in [0.4, 0.5) is 13.2 Å². The van der Waals surface area contributed by atoms with E-state index in [2.05, 4.69) is 10.3 Å². The highest BCUT2D eigenvalue weighted by Crippen LogP contribution is 2.30. The van der Waals surface area contributed by atoms with Crippen LogP contribution in [0.3, 0.4) is 0 Å². The zero-order chi connectivity index (χ0) is 11.3. The Balaban J connectivity index is 2.43. The first-order chi connectivity index (χ1) is 7.68. The maximum absolute atomic E-state index is 13.6. The quantitative estimate of drug-likeness (QED) is 0.662. The van der Waals surface area contributed by atoms with Crippen molar-refractivity contribution in [2.45, 2.75) is 13.0 Å². The van der Waals surface area contributed by atoms with Crippen molar-refractivity contribution in [1.82, 2.24) is 10.3 Å². The summed E-state index contributed by atoms with van der Waals surface area (Å²) in [5.74, 6) is -2.84. The second kappa shape index (κ2) is 3.25. The molecule has 16 heavy (non-hydrogen) atoms. The predicted molar refractivity (Wildman–Crippen MR) is 53.6 cm³/mol. The van der Waals surface area contributed by atoms with E-state index in [1.54, 1.807) is 0 Å². The summed E-state index contributed by atoms with van der Waals surface area (Å²) in [4.78, 5) is 2.81. The smallest absolute Gasteiger partial charge is 0.168 e. The van der Waals surface area contributed by atoms with Crippen molar-refractivity contribution in [2.24, 2.45) is 0 Å². The molecule has 1 aromatic carbocycles. The van der Waals surface area contributed by atoms with E-state index < -0.39 is 17.5 Å². The summed E-state index contributed by atoms with van der Waals surface area (Å²) in [6.07, 6.45) is 0.579. The maximum Gasteiger partial charge on any atom is 0.168 e. The highest BCUT2D eigenvalue weighted by atomic mass is 19.2. The van der Waals surface area contributed by atoms with Crippen LogP contribution in [0.5, 0.6) is 0 Å². The number of benzene rings is 1. The molecule has 84 valence electrons. The van der Waals surface area contributed by atoms with Gasteiger partial charge in [-0.05, 0) is 18.5 Å². The van der Waals surface area contributed by atoms with Crippen molar-refractivity contribution in [3.63, 3.8) is 0 Å². The van der Waals surface area contributed by atoms with Crippen LogP contribution < -0.4 is 5.32 Å². The number of aromatic nitrogens is 1. The van der Waals surface area contributed by atoms with Gasteiger partial charge in [0, 0.05) is 23.7 Å². The first-order valence-corrected chi connectivity index (χ1v) is 5.06. The third-order valence-corrected chi connectivity index (χ3v) is 2.97. The van der Waals surface area contributed by atoms with Gasteiger partial charge < -0.3 is 10.3 Å². The van der Waals surface area contributed by atoms with E-state index >= 15 is 0 Å². The van der Waals surface area contributed by atoms with Crippen LogP contribution >= 0.6 is 0 Å². The molecule has 1 aliphatic rings. The minimum atomic E-state index is -1.13. The molecule has 0 saturated heterocycles. The number of hydrogen-bond donors (Lipinski definition) is 2. The molecule has 5 heteroatoms. The normalized spacial score (nSPS) is 15.4. The lowest BCUT2D eigenvalue weighted by Gasteiger charge is -2.12. The standard InChI is InChI=1S/C11H9F3N2/c12-6-3-7(13)11-9(10(6)14)5-1-2-15-4-8(5)16-11/h3,15-16H,1-2,4H2. The zero-order valence-electron chi connectivity index (χ0n) is 8.33. The van der Waals surface area contributed by atoms with Gasteiger partial charge in [0.15, 0.2) is 11.6 Å². The van der Waals surface area contributed by atoms with Gasteiger partial charge in [0.05, 0.1) is 5.52 Å². The van der Waals surface area contributed by atoms with Crippen molar-refractivity contribution in [2.75, 3.05) is 6.54 Å². The van der Waals surface area contributed by atoms with E-state index in [0.717, 1.165) is 5.69 Å². The highest BCUT2D eigenvalue weighted by Gasteiger charge is 2.22. The molecule has 2 aromatic rings. The number of rotatable bonds is 0. The number of H-pyrrole nitrogens is 1. The Morgan fingerprint density at radius 2 is 1.94 bits per heavy atom. The van der Waals surface area contributed by atoms with E-state index in [0.29, 0.717) is 31.1 Å². The van der Waals surface area contributed by atoms with Gasteiger partial charge in [-0.3, -0.25) is 0 Å². The van der Waals surface area contributed by atoms with Crippen molar-refractivity contribution in [3.05, 3.63) is 34.8 Å². The van der Waals surface area contributed by atoms with Crippen molar-refractivity contribution < 1.29 is 13.2 Å². The van der Waals surface area contributed by atoms with Gasteiger partial charge >= 0.3 is 0 Å². The molecule has 1 aromatic heterocycles. The van der Waals surface area contributed by atoms with Crippen LogP contribution in [0.25, 0.3) is 10.9 Å². The number of fused-ring (bicyclic) bond motifs is 3. The topological polar surface area (TPSA) is 27.8 Å². The Bertz CT molecular complexity index is 574. The summed E-state index contributed by atoms with van der Waals surface area (Å²) in [6, 6.07) is 0.576. The molecule has 0 amide bonds. The molecular formula is C11H9F3N2. The summed E-state index contributed by atoms with van der Waals surface area (Å²) in [6.45, 7) is 1.22. The van der Waals surface area contributed by atoms with Gasteiger partial charge in [-0.2, -0.15) is 0 Å². The number of halogens is 3. The van der Waals surface area contributed by atoms with E-state index in [4.69, 9.17) is 0 Å². The maximum atomic E-state index is 13.6. The summed E-state index contributed by atoms with van der Waals surface area (Å²) >= 11 is 0. The molecule has 0 saturated carbocycles. The molecule has 2 N–H and O–H groups in total. The summed E-state index contributed by atoms with van der Waals surface area (Å²) in [5, 5.41) is 3.15. The third kappa shape index (κ3) is 1.18. The summed E-state index contributed by atoms with van der Waals surface area (Å²) < 4.78 is 40.2. The van der Waals surface area contributed by atoms with Crippen molar-refractivity contribution in [3.8, 4) is 0 Å².